The predicted octanol–water partition coefficient (Wildman–Crippen LogP) is 3.41. The van der Waals surface area contributed by atoms with Gasteiger partial charge in [0.1, 0.15) is 5.75 Å². The van der Waals surface area contributed by atoms with E-state index in [1.165, 1.54) is 0 Å². The molecular weight excluding hydrogens is 354 g/mol. The van der Waals surface area contributed by atoms with E-state index >= 15 is 0 Å². The van der Waals surface area contributed by atoms with Gasteiger partial charge in [-0.1, -0.05) is 38.1 Å². The molecule has 3 rings (SSSR count). The predicted molar refractivity (Wildman–Crippen MR) is 111 cm³/mol. The quantitative estimate of drug-likeness (QED) is 0.590. The monoisotopic (exact) mass is 383 g/mol. The first-order valence-corrected chi connectivity index (χ1v) is 9.45. The van der Waals surface area contributed by atoms with Crippen molar-refractivity contribution in [1.29, 1.82) is 0 Å². The number of ether oxygens (including phenoxy) is 3. The number of hydrogen-bond acceptors (Lipinski definition) is 4. The molecule has 150 valence electrons. The minimum Gasteiger partial charge on any atom is -0.493 e. The highest BCUT2D eigenvalue weighted by Crippen LogP contribution is 2.34. The summed E-state index contributed by atoms with van der Waals surface area (Å²) in [4.78, 5) is 4.61. The maximum Gasteiger partial charge on any atom is 0.189 e. The van der Waals surface area contributed by atoms with Crippen LogP contribution in [0.15, 0.2) is 47.5 Å². The van der Waals surface area contributed by atoms with Gasteiger partial charge in [0.25, 0.3) is 0 Å². The van der Waals surface area contributed by atoms with Gasteiger partial charge in [-0.05, 0) is 23.8 Å². The molecule has 0 bridgehead atoms. The van der Waals surface area contributed by atoms with Gasteiger partial charge in [0.05, 0.1) is 33.4 Å². The Bertz CT molecular complexity index is 849. The molecule has 0 saturated heterocycles. The van der Waals surface area contributed by atoms with Crippen LogP contribution in [0.3, 0.4) is 0 Å². The van der Waals surface area contributed by atoms with Crippen molar-refractivity contribution in [3.8, 4) is 17.2 Å². The van der Waals surface area contributed by atoms with Crippen LogP contribution < -0.4 is 25.3 Å². The number of methoxy groups -OCH3 is 2. The molecule has 0 fully saturated rings. The molecule has 0 radical (unpaired) electrons. The largest absolute Gasteiger partial charge is 0.493 e. The van der Waals surface area contributed by atoms with Crippen molar-refractivity contribution in [3.05, 3.63) is 53.6 Å². The summed E-state index contributed by atoms with van der Waals surface area (Å²) >= 11 is 0. The zero-order valence-corrected chi connectivity index (χ0v) is 17.0. The first kappa shape index (κ1) is 19.9. The first-order valence-electron chi connectivity index (χ1n) is 9.45. The summed E-state index contributed by atoms with van der Waals surface area (Å²) in [5.74, 6) is 2.77. The molecule has 1 unspecified atom stereocenters. The van der Waals surface area contributed by atoms with Crippen LogP contribution in [0, 0.1) is 0 Å². The number of para-hydroxylation sites is 1. The van der Waals surface area contributed by atoms with Gasteiger partial charge in [-0.2, -0.15) is 0 Å². The van der Waals surface area contributed by atoms with Crippen LogP contribution in [0.2, 0.25) is 0 Å². The summed E-state index contributed by atoms with van der Waals surface area (Å²) < 4.78 is 16.4. The molecule has 1 atom stereocenters. The van der Waals surface area contributed by atoms with Crippen LogP contribution in [0.1, 0.15) is 37.4 Å². The van der Waals surface area contributed by atoms with E-state index in [1.807, 2.05) is 36.4 Å². The maximum atomic E-state index is 6.20. The smallest absolute Gasteiger partial charge is 0.189 e. The SMILES string of the molecule is COc1ccc(C(C)(C)CN=C(N)NC2CCOc3ccccc32)cc1OC. The number of hydrogen-bond donors (Lipinski definition) is 2. The van der Waals surface area contributed by atoms with Crippen LogP contribution in [-0.4, -0.2) is 33.3 Å². The van der Waals surface area contributed by atoms with E-state index < -0.39 is 0 Å². The number of aliphatic imine (C=N–C) groups is 1. The van der Waals surface area contributed by atoms with Crippen molar-refractivity contribution in [3.63, 3.8) is 0 Å². The third kappa shape index (κ3) is 4.32. The number of benzene rings is 2. The summed E-state index contributed by atoms with van der Waals surface area (Å²) in [5.41, 5.74) is 8.22. The zero-order chi connectivity index (χ0) is 20.1. The highest BCUT2D eigenvalue weighted by atomic mass is 16.5. The molecule has 0 amide bonds. The molecule has 6 heteroatoms. The molecule has 1 heterocycles. The number of nitrogens with one attached hydrogen (secondary N) is 1. The van der Waals surface area contributed by atoms with Gasteiger partial charge in [-0.3, -0.25) is 4.99 Å². The molecule has 0 saturated carbocycles. The lowest BCUT2D eigenvalue weighted by Crippen LogP contribution is -2.38. The van der Waals surface area contributed by atoms with Gasteiger partial charge in [-0.25, -0.2) is 0 Å². The van der Waals surface area contributed by atoms with Crippen molar-refractivity contribution in [2.75, 3.05) is 27.4 Å². The molecule has 1 aliphatic heterocycles. The van der Waals surface area contributed by atoms with Crippen molar-refractivity contribution in [1.82, 2.24) is 5.32 Å². The minimum atomic E-state index is -0.209. The highest BCUT2D eigenvalue weighted by molar-refractivity contribution is 5.78. The Morgan fingerprint density at radius 3 is 2.68 bits per heavy atom. The van der Waals surface area contributed by atoms with E-state index in [9.17, 15) is 0 Å². The van der Waals surface area contributed by atoms with E-state index in [0.29, 0.717) is 30.6 Å². The topological polar surface area (TPSA) is 78.1 Å². The highest BCUT2D eigenvalue weighted by Gasteiger charge is 2.24. The van der Waals surface area contributed by atoms with Crippen LogP contribution in [0.4, 0.5) is 0 Å². The molecule has 0 aromatic heterocycles. The fraction of sp³-hybridized carbons (Fsp3) is 0.409. The lowest BCUT2D eigenvalue weighted by atomic mass is 9.84. The van der Waals surface area contributed by atoms with Crippen molar-refractivity contribution < 1.29 is 14.2 Å². The minimum absolute atomic E-state index is 0.109. The van der Waals surface area contributed by atoms with Gasteiger partial charge in [0.2, 0.25) is 0 Å². The Morgan fingerprint density at radius 2 is 1.93 bits per heavy atom. The Hall–Kier alpha value is -2.89. The Labute approximate surface area is 166 Å². The number of rotatable bonds is 6. The van der Waals surface area contributed by atoms with E-state index in [1.54, 1.807) is 14.2 Å². The lowest BCUT2D eigenvalue weighted by Gasteiger charge is -2.28. The van der Waals surface area contributed by atoms with Crippen LogP contribution >= 0.6 is 0 Å². The normalized spacial score (nSPS) is 16.7. The van der Waals surface area contributed by atoms with Gasteiger partial charge < -0.3 is 25.3 Å². The van der Waals surface area contributed by atoms with E-state index in [0.717, 1.165) is 23.3 Å². The van der Waals surface area contributed by atoms with E-state index in [4.69, 9.17) is 19.9 Å². The fourth-order valence-corrected chi connectivity index (χ4v) is 3.35. The van der Waals surface area contributed by atoms with Gasteiger partial charge in [-0.15, -0.1) is 0 Å². The molecule has 2 aromatic rings. The van der Waals surface area contributed by atoms with E-state index in [-0.39, 0.29) is 11.5 Å². The molecule has 0 aliphatic carbocycles. The Kier molecular flexibility index (Phi) is 5.97. The molecule has 0 spiro atoms. The van der Waals surface area contributed by atoms with Crippen molar-refractivity contribution >= 4 is 5.96 Å². The molecular formula is C22H29N3O3. The summed E-state index contributed by atoms with van der Waals surface area (Å²) in [6.07, 6.45) is 0.853. The van der Waals surface area contributed by atoms with Crippen LogP contribution in [0.25, 0.3) is 0 Å². The molecule has 2 aromatic carbocycles. The second kappa shape index (κ2) is 8.42. The Balaban J connectivity index is 1.70. The summed E-state index contributed by atoms with van der Waals surface area (Å²) in [5, 5.41) is 3.34. The standard InChI is InChI=1S/C22H29N3O3/c1-22(2,15-9-10-19(26-3)20(13-15)27-4)14-24-21(23)25-17-11-12-28-18-8-6-5-7-16(17)18/h5-10,13,17H,11-12,14H2,1-4H3,(H3,23,24,25). The van der Waals surface area contributed by atoms with Gasteiger partial charge in [0.15, 0.2) is 17.5 Å². The first-order chi connectivity index (χ1) is 13.4. The third-order valence-electron chi connectivity index (χ3n) is 5.09. The molecule has 3 N–H and O–H groups in total. The van der Waals surface area contributed by atoms with Gasteiger partial charge >= 0.3 is 0 Å². The number of guanidine groups is 1. The van der Waals surface area contributed by atoms with Crippen molar-refractivity contribution in [2.24, 2.45) is 10.7 Å². The summed E-state index contributed by atoms with van der Waals surface area (Å²) in [6, 6.07) is 14.1. The summed E-state index contributed by atoms with van der Waals surface area (Å²) in [6.45, 7) is 5.48. The fourth-order valence-electron chi connectivity index (χ4n) is 3.35. The number of fused-ring (bicyclic) bond motifs is 1. The van der Waals surface area contributed by atoms with Crippen LogP contribution in [-0.2, 0) is 5.41 Å². The van der Waals surface area contributed by atoms with Gasteiger partial charge in [0, 0.05) is 17.4 Å². The molecule has 28 heavy (non-hydrogen) atoms. The average Bonchev–Trinajstić information content (AvgIpc) is 2.72. The lowest BCUT2D eigenvalue weighted by molar-refractivity contribution is 0.262. The third-order valence-corrected chi connectivity index (χ3v) is 5.09. The second-order valence-corrected chi connectivity index (χ2v) is 7.53. The van der Waals surface area contributed by atoms with Crippen molar-refractivity contribution in [2.45, 2.75) is 31.7 Å². The van der Waals surface area contributed by atoms with E-state index in [2.05, 4.69) is 30.2 Å². The average molecular weight is 383 g/mol. The zero-order valence-electron chi connectivity index (χ0n) is 17.0. The maximum absolute atomic E-state index is 6.20. The number of nitrogens with two attached hydrogens (primary N) is 1. The van der Waals surface area contributed by atoms with Crippen LogP contribution in [0.5, 0.6) is 17.2 Å². The second-order valence-electron chi connectivity index (χ2n) is 7.53. The molecule has 6 nitrogen and oxygen atoms in total. The number of nitrogens with zero attached hydrogens (tertiary/aromatic N) is 1. The summed E-state index contributed by atoms with van der Waals surface area (Å²) in [7, 11) is 3.27. The molecule has 1 aliphatic rings. The Morgan fingerprint density at radius 1 is 1.18 bits per heavy atom.